The zero-order valence-corrected chi connectivity index (χ0v) is 18.2. The SMILES string of the molecule is CC1(C)S[C@@H]2[C@@H](NC(=O)C(=NOC3CCNC3=O)c3csc(N)n3)C(=O)N2[C@H]1C(=O)O. The normalized spacial score (nSPS) is 29.2. The number of nitrogens with one attached hydrogen (secondary N) is 2. The number of carboxylic acids is 1. The van der Waals surface area contributed by atoms with E-state index >= 15 is 0 Å². The van der Waals surface area contributed by atoms with Gasteiger partial charge in [-0.15, -0.1) is 23.1 Å². The molecule has 0 radical (unpaired) electrons. The van der Waals surface area contributed by atoms with Gasteiger partial charge in [-0.2, -0.15) is 0 Å². The minimum absolute atomic E-state index is 0.143. The highest BCUT2D eigenvalue weighted by molar-refractivity contribution is 8.01. The largest absolute Gasteiger partial charge is 0.480 e. The number of carboxylic acid groups (broad SMARTS) is 1. The monoisotopic (exact) mass is 468 g/mol. The number of hydrogen-bond donors (Lipinski definition) is 4. The lowest BCUT2D eigenvalue weighted by Gasteiger charge is -2.43. The number of β-lactam (4-membered cyclic amide) rings is 1. The molecule has 4 atom stereocenters. The van der Waals surface area contributed by atoms with E-state index in [-0.39, 0.29) is 22.4 Å². The van der Waals surface area contributed by atoms with Crippen LogP contribution in [0.2, 0.25) is 0 Å². The number of nitrogens with two attached hydrogens (primary N) is 1. The maximum Gasteiger partial charge on any atom is 0.327 e. The van der Waals surface area contributed by atoms with Gasteiger partial charge in [-0.1, -0.05) is 5.16 Å². The van der Waals surface area contributed by atoms with Gasteiger partial charge in [-0.05, 0) is 13.8 Å². The van der Waals surface area contributed by atoms with Crippen LogP contribution in [0.15, 0.2) is 10.5 Å². The number of carbonyl (C=O) groups excluding carboxylic acids is 3. The first-order chi connectivity index (χ1) is 14.6. The maximum absolute atomic E-state index is 13.0. The molecule has 3 amide bonds. The maximum atomic E-state index is 13.0. The average molecular weight is 469 g/mol. The fourth-order valence-corrected chi connectivity index (χ4v) is 5.92. The number of hydrogen-bond acceptors (Lipinski definition) is 10. The van der Waals surface area contributed by atoms with Crippen LogP contribution in [-0.2, 0) is 24.0 Å². The molecule has 166 valence electrons. The first kappa shape index (κ1) is 21.4. The summed E-state index contributed by atoms with van der Waals surface area (Å²) in [4.78, 5) is 59.5. The zero-order valence-electron chi connectivity index (χ0n) is 16.5. The van der Waals surface area contributed by atoms with Gasteiger partial charge < -0.3 is 31.2 Å². The number of thiazole rings is 1. The van der Waals surface area contributed by atoms with E-state index < -0.39 is 46.1 Å². The van der Waals surface area contributed by atoms with Gasteiger partial charge in [0.15, 0.2) is 10.8 Å². The molecular formula is C17H20N6O6S2. The Labute approximate surface area is 184 Å². The molecule has 0 spiro atoms. The van der Waals surface area contributed by atoms with Gasteiger partial charge in [-0.25, -0.2) is 9.78 Å². The fourth-order valence-electron chi connectivity index (χ4n) is 3.74. The Bertz CT molecular complexity index is 994. The summed E-state index contributed by atoms with van der Waals surface area (Å²) >= 11 is 2.40. The van der Waals surface area contributed by atoms with E-state index in [1.54, 1.807) is 13.8 Å². The number of amides is 3. The van der Waals surface area contributed by atoms with Crippen molar-refractivity contribution in [3.05, 3.63) is 11.1 Å². The number of carbonyl (C=O) groups is 4. The number of nitrogen functional groups attached to an aromatic ring is 1. The van der Waals surface area contributed by atoms with Gasteiger partial charge in [0.1, 0.15) is 23.2 Å². The fraction of sp³-hybridized carbons (Fsp3) is 0.529. The van der Waals surface area contributed by atoms with Crippen molar-refractivity contribution in [2.75, 3.05) is 12.3 Å². The summed E-state index contributed by atoms with van der Waals surface area (Å²) in [7, 11) is 0. The van der Waals surface area contributed by atoms with Crippen molar-refractivity contribution in [2.45, 2.75) is 48.6 Å². The molecule has 0 saturated carbocycles. The van der Waals surface area contributed by atoms with Crippen LogP contribution in [0.4, 0.5) is 5.13 Å². The predicted molar refractivity (Wildman–Crippen MR) is 111 cm³/mol. The number of fused-ring (bicyclic) bond motifs is 1. The first-order valence-electron chi connectivity index (χ1n) is 9.36. The second kappa shape index (κ2) is 7.67. The van der Waals surface area contributed by atoms with Crippen molar-refractivity contribution < 1.29 is 29.1 Å². The molecule has 1 unspecified atom stereocenters. The van der Waals surface area contributed by atoms with Crippen molar-refractivity contribution in [3.8, 4) is 0 Å². The summed E-state index contributed by atoms with van der Waals surface area (Å²) in [6.45, 7) is 3.93. The first-order valence-corrected chi connectivity index (χ1v) is 11.1. The lowest BCUT2D eigenvalue weighted by Crippen LogP contribution is -2.71. The molecule has 3 aliphatic rings. The molecule has 14 heteroatoms. The van der Waals surface area contributed by atoms with Crippen molar-refractivity contribution in [1.82, 2.24) is 20.5 Å². The molecule has 3 saturated heterocycles. The average Bonchev–Trinajstić information content (AvgIpc) is 3.36. The van der Waals surface area contributed by atoms with Crippen LogP contribution in [0.3, 0.4) is 0 Å². The molecular weight excluding hydrogens is 448 g/mol. The van der Waals surface area contributed by atoms with E-state index in [1.807, 2.05) is 0 Å². The van der Waals surface area contributed by atoms with Crippen molar-refractivity contribution in [2.24, 2.45) is 5.16 Å². The standard InChI is InChI=1S/C17H20N6O6S2/c1-17(2)10(15(27)28)23-13(26)9(14(23)31-17)21-12(25)8(6-5-30-16(18)20-6)22-29-7-3-4-19-11(7)24/h5,7,9-10,14H,3-4H2,1-2H3,(H2,18,20)(H,19,24)(H,21,25)(H,27,28)/t7?,9-,10-,14+/m0/s1. The number of rotatable bonds is 6. The molecule has 1 aromatic heterocycles. The molecule has 31 heavy (non-hydrogen) atoms. The highest BCUT2D eigenvalue weighted by atomic mass is 32.2. The van der Waals surface area contributed by atoms with E-state index in [0.717, 1.165) is 11.3 Å². The Balaban J connectivity index is 1.53. The number of nitrogens with zero attached hydrogens (tertiary/aromatic N) is 3. The van der Waals surface area contributed by atoms with Gasteiger partial charge in [0.2, 0.25) is 12.0 Å². The third-order valence-electron chi connectivity index (χ3n) is 5.21. The summed E-state index contributed by atoms with van der Waals surface area (Å²) in [5.41, 5.74) is 5.57. The summed E-state index contributed by atoms with van der Waals surface area (Å²) in [6.07, 6.45) is -0.432. The number of thioether (sulfide) groups is 1. The third-order valence-corrected chi connectivity index (χ3v) is 7.46. The van der Waals surface area contributed by atoms with Crippen LogP contribution in [0.5, 0.6) is 0 Å². The van der Waals surface area contributed by atoms with E-state index in [9.17, 15) is 24.3 Å². The van der Waals surface area contributed by atoms with Crippen LogP contribution in [0.1, 0.15) is 26.0 Å². The van der Waals surface area contributed by atoms with E-state index in [2.05, 4.69) is 20.8 Å². The van der Waals surface area contributed by atoms with E-state index in [4.69, 9.17) is 10.6 Å². The van der Waals surface area contributed by atoms with Gasteiger partial charge >= 0.3 is 5.97 Å². The van der Waals surface area contributed by atoms with Crippen molar-refractivity contribution >= 4 is 57.6 Å². The second-order valence-electron chi connectivity index (χ2n) is 7.73. The summed E-state index contributed by atoms with van der Waals surface area (Å²) in [5.74, 6) is -2.66. The second-order valence-corrected chi connectivity index (χ2v) is 10.4. The van der Waals surface area contributed by atoms with Crippen molar-refractivity contribution in [1.29, 1.82) is 0 Å². The van der Waals surface area contributed by atoms with Crippen LogP contribution in [0, 0.1) is 0 Å². The number of aliphatic carboxylic acids is 1. The smallest absolute Gasteiger partial charge is 0.327 e. The Kier molecular flexibility index (Phi) is 5.29. The summed E-state index contributed by atoms with van der Waals surface area (Å²) in [6, 6.07) is -1.91. The molecule has 0 bridgehead atoms. The number of oxime groups is 1. The lowest BCUT2D eigenvalue weighted by atomic mass is 9.96. The molecule has 4 rings (SSSR count). The minimum Gasteiger partial charge on any atom is -0.480 e. The van der Waals surface area contributed by atoms with Gasteiger partial charge in [0, 0.05) is 23.1 Å². The quantitative estimate of drug-likeness (QED) is 0.231. The molecule has 1 aromatic rings. The number of aromatic nitrogens is 1. The predicted octanol–water partition coefficient (Wildman–Crippen LogP) is -1.03. The molecule has 12 nitrogen and oxygen atoms in total. The lowest BCUT2D eigenvalue weighted by molar-refractivity contribution is -0.160. The molecule has 5 N–H and O–H groups in total. The number of anilines is 1. The molecule has 0 aromatic carbocycles. The molecule has 3 aliphatic heterocycles. The zero-order chi connectivity index (χ0) is 22.5. The van der Waals surface area contributed by atoms with Crippen LogP contribution in [-0.4, -0.2) is 79.2 Å². The molecule has 4 heterocycles. The summed E-state index contributed by atoms with van der Waals surface area (Å²) < 4.78 is -0.717. The van der Waals surface area contributed by atoms with Gasteiger partial charge in [-0.3, -0.25) is 14.4 Å². The Morgan fingerprint density at radius 1 is 1.45 bits per heavy atom. The van der Waals surface area contributed by atoms with Crippen molar-refractivity contribution in [3.63, 3.8) is 0 Å². The topological polar surface area (TPSA) is 176 Å². The van der Waals surface area contributed by atoms with Gasteiger partial charge in [0.25, 0.3) is 11.8 Å². The minimum atomic E-state index is -1.10. The van der Waals surface area contributed by atoms with E-state index in [0.29, 0.717) is 13.0 Å². The molecule has 0 aliphatic carbocycles. The highest BCUT2D eigenvalue weighted by Crippen LogP contribution is 2.50. The van der Waals surface area contributed by atoms with Gasteiger partial charge in [0.05, 0.1) is 0 Å². The highest BCUT2D eigenvalue weighted by Gasteiger charge is 2.64. The van der Waals surface area contributed by atoms with E-state index in [1.165, 1.54) is 22.0 Å². The third kappa shape index (κ3) is 3.69. The Hall–Kier alpha value is -2.87. The van der Waals surface area contributed by atoms with Crippen LogP contribution >= 0.6 is 23.1 Å². The van der Waals surface area contributed by atoms with Crippen LogP contribution in [0.25, 0.3) is 0 Å². The summed E-state index contributed by atoms with van der Waals surface area (Å²) in [5, 5.41) is 19.7. The molecule has 3 fully saturated rings. The van der Waals surface area contributed by atoms with Crippen LogP contribution < -0.4 is 16.4 Å². The Morgan fingerprint density at radius 2 is 2.19 bits per heavy atom. The Morgan fingerprint density at radius 3 is 2.77 bits per heavy atom.